The van der Waals surface area contributed by atoms with Crippen LogP contribution >= 0.6 is 0 Å². The van der Waals surface area contributed by atoms with Crippen molar-refractivity contribution >= 4 is 16.8 Å². The van der Waals surface area contributed by atoms with Gasteiger partial charge in [-0.25, -0.2) is 4.98 Å². The van der Waals surface area contributed by atoms with Gasteiger partial charge in [-0.1, -0.05) is 74.5 Å². The molecule has 1 unspecified atom stereocenters. The van der Waals surface area contributed by atoms with Crippen molar-refractivity contribution in [2.24, 2.45) is 0 Å². The Kier molecular flexibility index (Phi) is 6.58. The quantitative estimate of drug-likeness (QED) is 0.200. The molecule has 0 saturated heterocycles. The van der Waals surface area contributed by atoms with Gasteiger partial charge in [0.1, 0.15) is 29.5 Å². The summed E-state index contributed by atoms with van der Waals surface area (Å²) in [6, 6.07) is 44.1. The second-order valence-corrected chi connectivity index (χ2v) is 13.3. The highest BCUT2D eigenvalue weighted by Crippen LogP contribution is 2.50. The van der Waals surface area contributed by atoms with E-state index in [9.17, 15) is 15.8 Å². The van der Waals surface area contributed by atoms with E-state index in [-0.39, 0.29) is 16.5 Å². The molecule has 1 aliphatic heterocycles. The normalized spacial score (nSPS) is 14.7. The Morgan fingerprint density at radius 1 is 0.667 bits per heavy atom. The highest BCUT2D eigenvalue weighted by Gasteiger charge is 2.36. The number of hydrogen-bond donors (Lipinski definition) is 1. The first-order chi connectivity index (χ1) is 24.9. The van der Waals surface area contributed by atoms with Gasteiger partial charge in [0, 0.05) is 27.7 Å². The number of oxazole rings is 1. The largest absolute Gasteiger partial charge is 0.464 e. The van der Waals surface area contributed by atoms with Crippen LogP contribution in [0.1, 0.15) is 53.5 Å². The molecule has 1 atom stereocenters. The van der Waals surface area contributed by atoms with E-state index >= 15 is 0 Å². The van der Waals surface area contributed by atoms with E-state index in [0.717, 1.165) is 28.1 Å². The number of fused-ring (bicyclic) bond motifs is 5. The van der Waals surface area contributed by atoms with Gasteiger partial charge in [0.2, 0.25) is 5.89 Å². The molecule has 1 aliphatic carbocycles. The Morgan fingerprint density at radius 3 is 2.22 bits per heavy atom. The Labute approximate surface area is 294 Å². The van der Waals surface area contributed by atoms with Crippen molar-refractivity contribution in [1.29, 1.82) is 15.8 Å². The number of anilines is 1. The SMILES string of the molecule is CC1(C)c2ccccc2-c2ccc(-c3c(C#N)c(C#N)cc(-c4cc(-c5nc6ccccc6o5)cc(C5Nc6ccccc6O5)c4)c3C#N)cc21. The van der Waals surface area contributed by atoms with E-state index in [1.54, 1.807) is 6.07 Å². The minimum absolute atomic E-state index is 0.164. The minimum atomic E-state index is -0.537. The molecule has 9 rings (SSSR count). The molecule has 0 saturated carbocycles. The molecule has 51 heavy (non-hydrogen) atoms. The number of nitrogens with one attached hydrogen (secondary N) is 1. The maximum Gasteiger partial charge on any atom is 0.227 e. The Hall–Kier alpha value is -7.14. The zero-order chi connectivity index (χ0) is 34.9. The third-order valence-corrected chi connectivity index (χ3v) is 10.1. The molecule has 240 valence electrons. The fourth-order valence-corrected chi connectivity index (χ4v) is 7.59. The first kappa shape index (κ1) is 30.0. The van der Waals surface area contributed by atoms with Crippen LogP contribution in [0.15, 0.2) is 120 Å². The number of nitriles is 3. The molecule has 0 spiro atoms. The molecule has 7 heteroatoms. The highest BCUT2D eigenvalue weighted by atomic mass is 16.5. The number of benzene rings is 6. The summed E-state index contributed by atoms with van der Waals surface area (Å²) in [5.41, 5.74) is 10.9. The predicted molar refractivity (Wildman–Crippen MR) is 195 cm³/mol. The molecule has 1 aromatic heterocycles. The predicted octanol–water partition coefficient (Wildman–Crippen LogP) is 10.3. The molecule has 1 N–H and O–H groups in total. The first-order valence-electron chi connectivity index (χ1n) is 16.6. The van der Waals surface area contributed by atoms with Gasteiger partial charge < -0.3 is 14.5 Å². The molecule has 0 radical (unpaired) electrons. The van der Waals surface area contributed by atoms with E-state index in [1.807, 2.05) is 84.9 Å². The van der Waals surface area contributed by atoms with Crippen LogP contribution < -0.4 is 10.1 Å². The number of ether oxygens (including phenoxy) is 1. The van der Waals surface area contributed by atoms with Gasteiger partial charge in [0.05, 0.1) is 22.4 Å². The smallest absolute Gasteiger partial charge is 0.227 e. The molecular formula is C44H27N5O2. The third-order valence-electron chi connectivity index (χ3n) is 10.1. The van der Waals surface area contributed by atoms with Crippen LogP contribution in [-0.2, 0) is 5.41 Å². The standard InChI is InChI=1S/C44H27N5O2/c1-44(2)35-10-4-3-9-30(35)31-16-15-25(21-36(31)44)41-33(23-46)29(22-45)20-32(34(41)24-47)26-17-27(42-48-37-11-5-7-13-39(37)50-42)19-28(18-26)43-49-38-12-6-8-14-40(38)51-43/h3-21,42,48H,1-2H3. The summed E-state index contributed by atoms with van der Waals surface area (Å²) in [6.45, 7) is 4.37. The first-order valence-corrected chi connectivity index (χ1v) is 16.6. The number of rotatable bonds is 4. The van der Waals surface area contributed by atoms with Gasteiger partial charge in [0.25, 0.3) is 0 Å². The lowest BCUT2D eigenvalue weighted by Gasteiger charge is -2.22. The average Bonchev–Trinajstić information content (AvgIpc) is 3.87. The van der Waals surface area contributed by atoms with Crippen molar-refractivity contribution in [2.75, 3.05) is 5.32 Å². The fraction of sp³-hybridized carbons (Fsp3) is 0.0909. The maximum atomic E-state index is 10.9. The van der Waals surface area contributed by atoms with Crippen LogP contribution in [0.4, 0.5) is 5.69 Å². The van der Waals surface area contributed by atoms with Crippen molar-refractivity contribution in [3.8, 4) is 68.8 Å². The average molecular weight is 658 g/mol. The monoisotopic (exact) mass is 657 g/mol. The van der Waals surface area contributed by atoms with Gasteiger partial charge >= 0.3 is 0 Å². The summed E-state index contributed by atoms with van der Waals surface area (Å²) < 4.78 is 12.5. The Balaban J connectivity index is 1.27. The van der Waals surface area contributed by atoms with E-state index in [4.69, 9.17) is 14.1 Å². The summed E-state index contributed by atoms with van der Waals surface area (Å²) in [5, 5.41) is 35.3. The van der Waals surface area contributed by atoms with Crippen LogP contribution in [0.2, 0.25) is 0 Å². The number of nitrogens with zero attached hydrogens (tertiary/aromatic N) is 4. The topological polar surface area (TPSA) is 119 Å². The molecule has 7 aromatic rings. The zero-order valence-corrected chi connectivity index (χ0v) is 27.7. The van der Waals surface area contributed by atoms with Gasteiger partial charge in [-0.05, 0) is 88.0 Å². The Morgan fingerprint density at radius 2 is 1.41 bits per heavy atom. The van der Waals surface area contributed by atoms with E-state index in [2.05, 4.69) is 61.6 Å². The molecule has 2 heterocycles. The second-order valence-electron chi connectivity index (χ2n) is 13.3. The van der Waals surface area contributed by atoms with Crippen LogP contribution in [0.3, 0.4) is 0 Å². The molecule has 6 aromatic carbocycles. The lowest BCUT2D eigenvalue weighted by Crippen LogP contribution is -2.15. The fourth-order valence-electron chi connectivity index (χ4n) is 7.59. The molecular weight excluding hydrogens is 631 g/mol. The Bertz CT molecular complexity index is 2680. The third kappa shape index (κ3) is 4.59. The van der Waals surface area contributed by atoms with Gasteiger partial charge in [-0.3, -0.25) is 0 Å². The number of para-hydroxylation sites is 4. The van der Waals surface area contributed by atoms with Crippen LogP contribution in [0.25, 0.3) is 55.9 Å². The van der Waals surface area contributed by atoms with E-state index in [0.29, 0.717) is 50.4 Å². The van der Waals surface area contributed by atoms with Crippen molar-refractivity contribution in [2.45, 2.75) is 25.5 Å². The van der Waals surface area contributed by atoms with Gasteiger partial charge in [-0.2, -0.15) is 15.8 Å². The molecule has 0 amide bonds. The minimum Gasteiger partial charge on any atom is -0.464 e. The van der Waals surface area contributed by atoms with Crippen molar-refractivity contribution in [3.05, 3.63) is 149 Å². The summed E-state index contributed by atoms with van der Waals surface area (Å²) in [7, 11) is 0. The molecule has 7 nitrogen and oxygen atoms in total. The maximum absolute atomic E-state index is 10.9. The molecule has 0 bridgehead atoms. The summed E-state index contributed by atoms with van der Waals surface area (Å²) in [4.78, 5) is 4.77. The zero-order valence-electron chi connectivity index (χ0n) is 27.7. The van der Waals surface area contributed by atoms with Crippen molar-refractivity contribution < 1.29 is 9.15 Å². The van der Waals surface area contributed by atoms with Crippen LogP contribution in [0.5, 0.6) is 5.75 Å². The molecule has 2 aliphatic rings. The highest BCUT2D eigenvalue weighted by molar-refractivity contribution is 5.91. The van der Waals surface area contributed by atoms with Crippen LogP contribution in [-0.4, -0.2) is 4.98 Å². The van der Waals surface area contributed by atoms with Crippen molar-refractivity contribution in [1.82, 2.24) is 4.98 Å². The van der Waals surface area contributed by atoms with Crippen LogP contribution in [0, 0.1) is 34.0 Å². The summed E-state index contributed by atoms with van der Waals surface area (Å²) >= 11 is 0. The second kappa shape index (κ2) is 11.2. The van der Waals surface area contributed by atoms with Crippen molar-refractivity contribution in [3.63, 3.8) is 0 Å². The number of aromatic nitrogens is 1. The van der Waals surface area contributed by atoms with Gasteiger partial charge in [-0.15, -0.1) is 0 Å². The molecule has 0 fully saturated rings. The summed E-state index contributed by atoms with van der Waals surface area (Å²) in [5.74, 6) is 1.13. The van der Waals surface area contributed by atoms with E-state index < -0.39 is 6.23 Å². The lowest BCUT2D eigenvalue weighted by atomic mass is 9.80. The summed E-state index contributed by atoms with van der Waals surface area (Å²) in [6.07, 6.45) is -0.537. The lowest BCUT2D eigenvalue weighted by molar-refractivity contribution is 0.260. The number of hydrogen-bond acceptors (Lipinski definition) is 7. The van der Waals surface area contributed by atoms with E-state index in [1.165, 1.54) is 11.1 Å². The van der Waals surface area contributed by atoms with Gasteiger partial charge in [0.15, 0.2) is 11.8 Å².